The van der Waals surface area contributed by atoms with Gasteiger partial charge in [-0.3, -0.25) is 9.29 Å². The van der Waals surface area contributed by atoms with E-state index in [1.165, 1.54) is 16.4 Å². The fraction of sp³-hybridized carbons (Fsp3) is 0.0800. The number of nitrogens with zero attached hydrogens (tertiary/aromatic N) is 2. The maximum atomic E-state index is 13.6. The fourth-order valence-electron chi connectivity index (χ4n) is 3.21. The molecular weight excluding hydrogens is 479 g/mol. The van der Waals surface area contributed by atoms with Gasteiger partial charge < -0.3 is 4.74 Å². The molecule has 0 aliphatic rings. The Morgan fingerprint density at radius 1 is 0.818 bits per heavy atom. The van der Waals surface area contributed by atoms with Gasteiger partial charge in [-0.25, -0.2) is 8.42 Å². The number of halogens is 2. The van der Waals surface area contributed by atoms with Crippen LogP contribution in [0.4, 0.5) is 5.69 Å². The molecule has 0 radical (unpaired) electrons. The number of pyridine rings is 1. The molecule has 0 saturated carbocycles. The highest BCUT2D eigenvalue weighted by Crippen LogP contribution is 2.29. The zero-order valence-electron chi connectivity index (χ0n) is 17.5. The molecule has 0 atom stereocenters. The standard InChI is InChI=1S/C25H21ClN2O3S.ClH/c26-21-13-15-24(16-14-21)32(29,30)28(23-10-2-1-3-11-23)18-20-8-4-5-12-25(20)31-19-22-9-6-7-17-27-22;/h1-17H,18-19H2;1H. The Morgan fingerprint density at radius 2 is 1.48 bits per heavy atom. The van der Waals surface area contributed by atoms with Gasteiger partial charge in [-0.1, -0.05) is 54.1 Å². The quantitative estimate of drug-likeness (QED) is 0.291. The summed E-state index contributed by atoms with van der Waals surface area (Å²) in [5.74, 6) is 0.602. The fourth-order valence-corrected chi connectivity index (χ4v) is 4.78. The smallest absolute Gasteiger partial charge is 0.264 e. The van der Waals surface area contributed by atoms with Crippen LogP contribution in [0.5, 0.6) is 5.75 Å². The van der Waals surface area contributed by atoms with Crippen LogP contribution in [-0.2, 0) is 23.2 Å². The molecule has 8 heteroatoms. The zero-order chi connectivity index (χ0) is 22.4. The molecule has 4 rings (SSSR count). The monoisotopic (exact) mass is 500 g/mol. The van der Waals surface area contributed by atoms with Crippen LogP contribution >= 0.6 is 24.0 Å². The normalized spacial score (nSPS) is 10.8. The molecule has 1 aromatic heterocycles. The first-order chi connectivity index (χ1) is 15.5. The third-order valence-electron chi connectivity index (χ3n) is 4.83. The van der Waals surface area contributed by atoms with E-state index in [2.05, 4.69) is 4.98 Å². The molecule has 0 fully saturated rings. The van der Waals surface area contributed by atoms with Crippen LogP contribution in [0.1, 0.15) is 11.3 Å². The van der Waals surface area contributed by atoms with Crippen molar-refractivity contribution in [3.63, 3.8) is 0 Å². The van der Waals surface area contributed by atoms with E-state index < -0.39 is 10.0 Å². The average Bonchev–Trinajstić information content (AvgIpc) is 2.83. The Bertz CT molecular complexity index is 1270. The molecule has 1 heterocycles. The van der Waals surface area contributed by atoms with Crippen molar-refractivity contribution in [2.24, 2.45) is 0 Å². The van der Waals surface area contributed by atoms with E-state index in [0.717, 1.165) is 11.3 Å². The maximum Gasteiger partial charge on any atom is 0.264 e. The van der Waals surface area contributed by atoms with Crippen molar-refractivity contribution in [1.82, 2.24) is 4.98 Å². The predicted octanol–water partition coefficient (Wildman–Crippen LogP) is 6.13. The summed E-state index contributed by atoms with van der Waals surface area (Å²) in [6.45, 7) is 0.389. The third-order valence-corrected chi connectivity index (χ3v) is 6.87. The lowest BCUT2D eigenvalue weighted by Gasteiger charge is -2.25. The summed E-state index contributed by atoms with van der Waals surface area (Å²) in [6.07, 6.45) is 1.71. The Morgan fingerprint density at radius 3 is 2.18 bits per heavy atom. The molecule has 170 valence electrons. The van der Waals surface area contributed by atoms with Gasteiger partial charge in [-0.15, -0.1) is 12.4 Å². The van der Waals surface area contributed by atoms with Gasteiger partial charge in [0, 0.05) is 16.8 Å². The lowest BCUT2D eigenvalue weighted by Crippen LogP contribution is -2.30. The Hall–Kier alpha value is -3.06. The second kappa shape index (κ2) is 11.2. The van der Waals surface area contributed by atoms with Crippen LogP contribution < -0.4 is 9.04 Å². The molecule has 0 saturated heterocycles. The van der Waals surface area contributed by atoms with Crippen molar-refractivity contribution in [2.75, 3.05) is 4.31 Å². The minimum Gasteiger partial charge on any atom is -0.487 e. The van der Waals surface area contributed by atoms with E-state index >= 15 is 0 Å². The number of hydrogen-bond acceptors (Lipinski definition) is 4. The van der Waals surface area contributed by atoms with Crippen LogP contribution in [0.15, 0.2) is 108 Å². The molecule has 0 unspecified atom stereocenters. The molecule has 4 aromatic rings. The molecule has 0 aliphatic carbocycles. The van der Waals surface area contributed by atoms with Gasteiger partial charge in [-0.2, -0.15) is 0 Å². The summed E-state index contributed by atoms with van der Waals surface area (Å²) < 4.78 is 34.5. The molecule has 5 nitrogen and oxygen atoms in total. The highest BCUT2D eigenvalue weighted by molar-refractivity contribution is 7.92. The summed E-state index contributed by atoms with van der Waals surface area (Å²) in [6, 6.07) is 28.2. The highest BCUT2D eigenvalue weighted by atomic mass is 35.5. The van der Waals surface area contributed by atoms with Crippen molar-refractivity contribution in [2.45, 2.75) is 18.0 Å². The van der Waals surface area contributed by atoms with Gasteiger partial charge in [0.25, 0.3) is 10.0 Å². The zero-order valence-corrected chi connectivity index (χ0v) is 19.9. The van der Waals surface area contributed by atoms with Gasteiger partial charge in [0.05, 0.1) is 22.8 Å². The van der Waals surface area contributed by atoms with Crippen molar-refractivity contribution in [1.29, 1.82) is 0 Å². The lowest BCUT2D eigenvalue weighted by molar-refractivity contribution is 0.298. The van der Waals surface area contributed by atoms with E-state index in [4.69, 9.17) is 16.3 Å². The van der Waals surface area contributed by atoms with Crippen LogP contribution in [0.3, 0.4) is 0 Å². The topological polar surface area (TPSA) is 59.5 Å². The summed E-state index contributed by atoms with van der Waals surface area (Å²) >= 11 is 5.96. The predicted molar refractivity (Wildman–Crippen MR) is 134 cm³/mol. The van der Waals surface area contributed by atoms with E-state index in [1.54, 1.807) is 30.5 Å². The van der Waals surface area contributed by atoms with Gasteiger partial charge in [0.15, 0.2) is 0 Å². The highest BCUT2D eigenvalue weighted by Gasteiger charge is 2.26. The summed E-state index contributed by atoms with van der Waals surface area (Å²) in [5, 5.41) is 0.475. The Kier molecular flexibility index (Phi) is 8.33. The van der Waals surface area contributed by atoms with Crippen LogP contribution in [-0.4, -0.2) is 13.4 Å². The number of para-hydroxylation sites is 2. The molecule has 3 aromatic carbocycles. The molecule has 0 N–H and O–H groups in total. The SMILES string of the molecule is Cl.O=S(=O)(c1ccc(Cl)cc1)N(Cc1ccccc1OCc1ccccn1)c1ccccc1. The molecule has 0 aliphatic heterocycles. The molecule has 0 bridgehead atoms. The van der Waals surface area contributed by atoms with Gasteiger partial charge in [0.2, 0.25) is 0 Å². The average molecular weight is 501 g/mol. The minimum absolute atomic E-state index is 0. The van der Waals surface area contributed by atoms with E-state index in [0.29, 0.717) is 16.5 Å². The Balaban J connectivity index is 0.00000306. The first-order valence-electron chi connectivity index (χ1n) is 9.98. The van der Waals surface area contributed by atoms with Crippen LogP contribution in [0.2, 0.25) is 5.02 Å². The Labute approximate surface area is 205 Å². The maximum absolute atomic E-state index is 13.6. The second-order valence-electron chi connectivity index (χ2n) is 7.02. The van der Waals surface area contributed by atoms with Crippen LogP contribution in [0, 0.1) is 0 Å². The number of sulfonamides is 1. The van der Waals surface area contributed by atoms with E-state index in [9.17, 15) is 8.42 Å². The van der Waals surface area contributed by atoms with Gasteiger partial charge in [0.1, 0.15) is 12.4 Å². The molecule has 0 spiro atoms. The number of ether oxygens (including phenoxy) is 1. The molecule has 33 heavy (non-hydrogen) atoms. The largest absolute Gasteiger partial charge is 0.487 e. The lowest BCUT2D eigenvalue weighted by atomic mass is 10.2. The van der Waals surface area contributed by atoms with E-state index in [1.807, 2.05) is 60.7 Å². The number of hydrogen-bond donors (Lipinski definition) is 0. The van der Waals surface area contributed by atoms with Crippen molar-refractivity contribution in [3.8, 4) is 5.75 Å². The number of benzene rings is 3. The van der Waals surface area contributed by atoms with Gasteiger partial charge >= 0.3 is 0 Å². The summed E-state index contributed by atoms with van der Waals surface area (Å²) in [5.41, 5.74) is 2.09. The van der Waals surface area contributed by atoms with Crippen molar-refractivity contribution < 1.29 is 13.2 Å². The second-order valence-corrected chi connectivity index (χ2v) is 9.32. The number of rotatable bonds is 8. The van der Waals surface area contributed by atoms with Crippen LogP contribution in [0.25, 0.3) is 0 Å². The van der Waals surface area contributed by atoms with Crippen molar-refractivity contribution >= 4 is 39.7 Å². The minimum atomic E-state index is -3.85. The molecular formula is C25H22Cl2N2O3S. The van der Waals surface area contributed by atoms with E-state index in [-0.39, 0.29) is 30.5 Å². The number of anilines is 1. The first-order valence-corrected chi connectivity index (χ1v) is 11.8. The number of aromatic nitrogens is 1. The third kappa shape index (κ3) is 6.05. The van der Waals surface area contributed by atoms with Gasteiger partial charge in [-0.05, 0) is 54.6 Å². The summed E-state index contributed by atoms with van der Waals surface area (Å²) in [4.78, 5) is 4.44. The molecule has 0 amide bonds. The van der Waals surface area contributed by atoms with Crippen molar-refractivity contribution in [3.05, 3.63) is 120 Å². The summed E-state index contributed by atoms with van der Waals surface area (Å²) in [7, 11) is -3.85. The first kappa shape index (κ1) is 24.6.